The van der Waals surface area contributed by atoms with E-state index in [9.17, 15) is 19.2 Å². The Bertz CT molecular complexity index is 2630. The lowest BCUT2D eigenvalue weighted by Gasteiger charge is -2.31. The van der Waals surface area contributed by atoms with E-state index in [0.717, 1.165) is 86.7 Å². The molecule has 6 aromatic rings. The molecule has 0 spiro atoms. The van der Waals surface area contributed by atoms with Gasteiger partial charge >= 0.3 is 12.2 Å². The summed E-state index contributed by atoms with van der Waals surface area (Å²) in [5.41, 5.74) is 7.51. The van der Waals surface area contributed by atoms with E-state index in [4.69, 9.17) is 24.4 Å². The molecule has 1 saturated heterocycles. The van der Waals surface area contributed by atoms with Crippen LogP contribution in [0, 0.1) is 5.92 Å². The molecule has 0 bridgehead atoms. The van der Waals surface area contributed by atoms with Gasteiger partial charge in [-0.3, -0.25) is 14.6 Å². The number of ketones is 1. The van der Waals surface area contributed by atoms with Crippen molar-refractivity contribution < 1.29 is 28.7 Å². The lowest BCUT2D eigenvalue weighted by Crippen LogP contribution is -2.51. The Morgan fingerprint density at radius 2 is 1.52 bits per heavy atom. The number of methoxy groups -OCH3 is 2. The first kappa shape index (κ1) is 39.7. The van der Waals surface area contributed by atoms with E-state index < -0.39 is 24.1 Å². The molecule has 1 unspecified atom stereocenters. The van der Waals surface area contributed by atoms with Crippen LogP contribution >= 0.6 is 0 Å². The lowest BCUT2D eigenvalue weighted by molar-refractivity contribution is -0.135. The van der Waals surface area contributed by atoms with Crippen LogP contribution in [0.15, 0.2) is 79.4 Å². The highest BCUT2D eigenvalue weighted by atomic mass is 16.5. The molecule has 6 heterocycles. The minimum absolute atomic E-state index is 0.0877. The molecule has 1 aliphatic carbocycles. The van der Waals surface area contributed by atoms with Gasteiger partial charge in [-0.15, -0.1) is 0 Å². The SMILES string of the molecule is COC(=O)N[C@H]1CCc2ccn3c2C1C(=O)C[C@H](c1ncc(-c2ccc(-c4ccc5cc(-c6cnc([C@@H]7CCCN7C(=O)[C@@H](NC(=O)OC)C(C)C)[nH]6)ccc5c4)nc2)[nH]1)C3. The van der Waals surface area contributed by atoms with Crippen molar-refractivity contribution >= 4 is 34.6 Å². The summed E-state index contributed by atoms with van der Waals surface area (Å²) in [5, 5.41) is 7.74. The fourth-order valence-corrected chi connectivity index (χ4v) is 9.38. The number of aromatic nitrogens is 6. The first-order valence-corrected chi connectivity index (χ1v) is 20.9. The number of fused-ring (bicyclic) bond motifs is 1. The van der Waals surface area contributed by atoms with Crippen LogP contribution in [0.2, 0.25) is 0 Å². The Hall–Kier alpha value is -6.77. The van der Waals surface area contributed by atoms with E-state index in [2.05, 4.69) is 67.6 Å². The third-order valence-corrected chi connectivity index (χ3v) is 12.6. The maximum absolute atomic E-state index is 13.8. The molecule has 15 heteroatoms. The fourth-order valence-electron chi connectivity index (χ4n) is 9.38. The van der Waals surface area contributed by atoms with E-state index in [1.54, 1.807) is 6.20 Å². The van der Waals surface area contributed by atoms with Gasteiger partial charge in [0.1, 0.15) is 23.5 Å². The minimum Gasteiger partial charge on any atom is -0.453 e. The molecule has 2 aliphatic heterocycles. The van der Waals surface area contributed by atoms with Gasteiger partial charge in [0.05, 0.1) is 55.7 Å². The number of rotatable bonds is 9. The number of hydrogen-bond donors (Lipinski definition) is 4. The van der Waals surface area contributed by atoms with Gasteiger partial charge in [-0.05, 0) is 78.3 Å². The number of aryl methyl sites for hydroxylation is 1. The zero-order valence-electron chi connectivity index (χ0n) is 34.6. The Morgan fingerprint density at radius 1 is 0.820 bits per heavy atom. The molecule has 3 aliphatic rings. The maximum atomic E-state index is 13.8. The van der Waals surface area contributed by atoms with Crippen LogP contribution in [0.5, 0.6) is 0 Å². The number of benzene rings is 2. The number of carbonyl (C=O) groups is 4. The number of ether oxygens (including phenoxy) is 2. The molecular weight excluding hydrogens is 775 g/mol. The second-order valence-electron chi connectivity index (χ2n) is 16.6. The van der Waals surface area contributed by atoms with Crippen molar-refractivity contribution in [2.45, 2.75) is 82.5 Å². The quantitative estimate of drug-likeness (QED) is 0.119. The molecule has 4 N–H and O–H groups in total. The van der Waals surface area contributed by atoms with Gasteiger partial charge in [-0.2, -0.15) is 0 Å². The zero-order valence-corrected chi connectivity index (χ0v) is 34.6. The number of likely N-dealkylation sites (tertiary alicyclic amines) is 1. The fraction of sp³-hybridized carbons (Fsp3) is 0.370. The molecular formula is C46H49N9O6. The third-order valence-electron chi connectivity index (χ3n) is 12.6. The molecule has 314 valence electrons. The van der Waals surface area contributed by atoms with Crippen molar-refractivity contribution in [3.63, 3.8) is 0 Å². The normalized spacial score (nSPS) is 20.3. The van der Waals surface area contributed by atoms with E-state index in [-0.39, 0.29) is 35.6 Å². The summed E-state index contributed by atoms with van der Waals surface area (Å²) in [7, 11) is 2.63. The lowest BCUT2D eigenvalue weighted by atomic mass is 9.79. The van der Waals surface area contributed by atoms with Gasteiger partial charge in [-0.1, -0.05) is 38.1 Å². The molecule has 0 radical (unpaired) electrons. The third kappa shape index (κ3) is 7.64. The number of alkyl carbamates (subject to hydrolysis) is 2. The maximum Gasteiger partial charge on any atom is 0.407 e. The Balaban J connectivity index is 0.877. The molecule has 4 aromatic heterocycles. The highest BCUT2D eigenvalue weighted by molar-refractivity contribution is 5.91. The molecule has 1 fully saturated rings. The van der Waals surface area contributed by atoms with Crippen LogP contribution in [0.1, 0.15) is 80.3 Å². The van der Waals surface area contributed by atoms with E-state index in [0.29, 0.717) is 25.9 Å². The average molecular weight is 824 g/mol. The van der Waals surface area contributed by atoms with E-state index in [1.807, 2.05) is 49.5 Å². The highest BCUT2D eigenvalue weighted by Gasteiger charge is 2.42. The summed E-state index contributed by atoms with van der Waals surface area (Å²) in [6.45, 7) is 5.00. The Morgan fingerprint density at radius 3 is 2.26 bits per heavy atom. The van der Waals surface area contributed by atoms with Crippen LogP contribution in [-0.4, -0.2) is 91.1 Å². The monoisotopic (exact) mass is 823 g/mol. The topological polar surface area (TPSA) is 189 Å². The number of H-pyrrole nitrogens is 2. The highest BCUT2D eigenvalue weighted by Crippen LogP contribution is 2.40. The minimum atomic E-state index is -0.693. The molecule has 5 atom stereocenters. The Kier molecular flexibility index (Phi) is 10.6. The summed E-state index contributed by atoms with van der Waals surface area (Å²) in [6, 6.07) is 17.4. The van der Waals surface area contributed by atoms with Crippen LogP contribution in [0.3, 0.4) is 0 Å². The van der Waals surface area contributed by atoms with E-state index in [1.165, 1.54) is 14.2 Å². The second kappa shape index (κ2) is 16.4. The van der Waals surface area contributed by atoms with Crippen molar-refractivity contribution in [1.29, 1.82) is 0 Å². The van der Waals surface area contributed by atoms with Crippen LogP contribution in [-0.2, 0) is 32.0 Å². The van der Waals surface area contributed by atoms with Gasteiger partial charge in [0.25, 0.3) is 0 Å². The van der Waals surface area contributed by atoms with Crippen LogP contribution < -0.4 is 10.6 Å². The van der Waals surface area contributed by atoms with Crippen molar-refractivity contribution in [1.82, 2.24) is 45.0 Å². The summed E-state index contributed by atoms with van der Waals surface area (Å²) < 4.78 is 11.8. The number of carbonyl (C=O) groups excluding carboxylic acids is 4. The molecule has 0 saturated carbocycles. The Labute approximate surface area is 352 Å². The number of imidazole rings is 2. The van der Waals surface area contributed by atoms with Gasteiger partial charge in [0, 0.05) is 66.2 Å². The number of pyridine rings is 1. The first-order chi connectivity index (χ1) is 29.6. The van der Waals surface area contributed by atoms with Crippen LogP contribution in [0.25, 0.3) is 44.5 Å². The molecule has 3 amide bonds. The summed E-state index contributed by atoms with van der Waals surface area (Å²) in [6.07, 6.45) is 9.75. The number of Topliss-reactive ketones (excluding diaryl/α,β-unsaturated/α-hetero) is 1. The van der Waals surface area contributed by atoms with Crippen molar-refractivity contribution in [2.24, 2.45) is 5.92 Å². The number of hydrogen-bond acceptors (Lipinski definition) is 9. The van der Waals surface area contributed by atoms with E-state index >= 15 is 0 Å². The standard InChI is InChI=1S/C46H49N9O6/c1-25(2)40(53-46(59)61-4)44(57)55-16-5-6-37(55)43-49-22-35(51-43)30-10-8-27-18-29(9-7-28(27)19-30)33-13-12-31(21-47-33)36-23-48-42(50-36)32-20-38(56)39-34(52-45(58)60-3)14-11-26-15-17-54(24-32)41(26)39/h7-10,12-13,15,17-19,21-23,25,32,34,37,39-40H,5-6,11,14,16,20,24H2,1-4H3,(H,48,50)(H,49,51)(H,52,58)(H,53,59)/t32-,34-,37-,39?,40-/m0/s1. The van der Waals surface area contributed by atoms with Gasteiger partial charge in [0.2, 0.25) is 5.91 Å². The number of amides is 3. The number of nitrogens with zero attached hydrogens (tertiary/aromatic N) is 5. The number of aromatic amines is 2. The molecule has 15 nitrogen and oxygen atoms in total. The van der Waals surface area contributed by atoms with Gasteiger partial charge < -0.3 is 39.5 Å². The van der Waals surface area contributed by atoms with Gasteiger partial charge in [0.15, 0.2) is 0 Å². The van der Waals surface area contributed by atoms with Gasteiger partial charge in [-0.25, -0.2) is 19.6 Å². The van der Waals surface area contributed by atoms with Crippen LogP contribution in [0.4, 0.5) is 9.59 Å². The van der Waals surface area contributed by atoms with Crippen molar-refractivity contribution in [3.8, 4) is 33.8 Å². The molecule has 61 heavy (non-hydrogen) atoms. The predicted molar refractivity (Wildman–Crippen MR) is 227 cm³/mol. The zero-order chi connectivity index (χ0) is 42.4. The smallest absolute Gasteiger partial charge is 0.407 e. The summed E-state index contributed by atoms with van der Waals surface area (Å²) >= 11 is 0. The largest absolute Gasteiger partial charge is 0.453 e. The summed E-state index contributed by atoms with van der Waals surface area (Å²) in [4.78, 5) is 74.6. The molecule has 2 aromatic carbocycles. The van der Waals surface area contributed by atoms with Crippen molar-refractivity contribution in [2.75, 3.05) is 20.8 Å². The number of nitrogens with one attached hydrogen (secondary N) is 4. The second-order valence-corrected chi connectivity index (χ2v) is 16.6. The van der Waals surface area contributed by atoms with Crippen molar-refractivity contribution in [3.05, 3.63) is 102 Å². The first-order valence-electron chi connectivity index (χ1n) is 20.9. The summed E-state index contributed by atoms with van der Waals surface area (Å²) in [5.74, 6) is 0.721. The average Bonchev–Trinajstić information content (AvgIpc) is 4.11. The predicted octanol–water partition coefficient (Wildman–Crippen LogP) is 7.04. The molecule has 9 rings (SSSR count).